The Bertz CT molecular complexity index is 381. The second kappa shape index (κ2) is 5.65. The summed E-state index contributed by atoms with van der Waals surface area (Å²) in [5, 5.41) is 12.4. The molecule has 17 heavy (non-hydrogen) atoms. The molecule has 0 radical (unpaired) electrons. The van der Waals surface area contributed by atoms with Crippen molar-refractivity contribution >= 4 is 17.3 Å². The van der Waals surface area contributed by atoms with Crippen molar-refractivity contribution in [1.82, 2.24) is 5.32 Å². The minimum Gasteiger partial charge on any atom is -0.477 e. The molecule has 0 unspecified atom stereocenters. The molecule has 1 aromatic heterocycles. The average molecular weight is 253 g/mol. The number of rotatable bonds is 4. The molecule has 0 amide bonds. The molecule has 0 bridgehead atoms. The number of hydrogen-bond acceptors (Lipinski definition) is 3. The standard InChI is InChI=1S/C13H19NO2S/c1-9-2-4-10(5-3-9)14-8-11-6-7-12(17-11)13(15)16/h6-7,9-10,14H,2-5,8H2,1H3,(H,15,16). The summed E-state index contributed by atoms with van der Waals surface area (Å²) in [5.74, 6) is 0.0427. The van der Waals surface area contributed by atoms with E-state index in [0.717, 1.165) is 17.3 Å². The zero-order valence-corrected chi connectivity index (χ0v) is 10.9. The topological polar surface area (TPSA) is 49.3 Å². The van der Waals surface area contributed by atoms with Crippen molar-refractivity contribution in [3.05, 3.63) is 21.9 Å². The van der Waals surface area contributed by atoms with Gasteiger partial charge < -0.3 is 10.4 Å². The van der Waals surface area contributed by atoms with E-state index in [1.165, 1.54) is 37.0 Å². The predicted molar refractivity (Wildman–Crippen MR) is 69.5 cm³/mol. The molecule has 0 aliphatic heterocycles. The number of aromatic carboxylic acids is 1. The first-order valence-corrected chi connectivity index (χ1v) is 7.02. The fourth-order valence-corrected chi connectivity index (χ4v) is 3.09. The van der Waals surface area contributed by atoms with Gasteiger partial charge in [-0.15, -0.1) is 11.3 Å². The summed E-state index contributed by atoms with van der Waals surface area (Å²) < 4.78 is 0. The van der Waals surface area contributed by atoms with Crippen molar-refractivity contribution in [2.75, 3.05) is 0 Å². The molecule has 1 heterocycles. The van der Waals surface area contributed by atoms with Crippen LogP contribution in [0.15, 0.2) is 12.1 Å². The Morgan fingerprint density at radius 3 is 2.71 bits per heavy atom. The summed E-state index contributed by atoms with van der Waals surface area (Å²) in [6.07, 6.45) is 5.11. The third-order valence-electron chi connectivity index (χ3n) is 3.45. The van der Waals surface area contributed by atoms with Gasteiger partial charge in [-0.25, -0.2) is 4.79 Å². The number of nitrogens with one attached hydrogen (secondary N) is 1. The Morgan fingerprint density at radius 1 is 1.41 bits per heavy atom. The number of carbonyl (C=O) groups is 1. The molecule has 0 aromatic carbocycles. The predicted octanol–water partition coefficient (Wildman–Crippen LogP) is 3.11. The maximum absolute atomic E-state index is 10.7. The lowest BCUT2D eigenvalue weighted by Gasteiger charge is -2.26. The summed E-state index contributed by atoms with van der Waals surface area (Å²) >= 11 is 1.37. The number of thiophene rings is 1. The molecule has 1 fully saturated rings. The molecule has 1 saturated carbocycles. The first-order valence-electron chi connectivity index (χ1n) is 6.20. The summed E-state index contributed by atoms with van der Waals surface area (Å²) in [4.78, 5) is 12.3. The molecule has 0 atom stereocenters. The largest absolute Gasteiger partial charge is 0.477 e. The molecule has 0 spiro atoms. The van der Waals surface area contributed by atoms with Crippen LogP contribution < -0.4 is 5.32 Å². The van der Waals surface area contributed by atoms with E-state index in [9.17, 15) is 4.79 Å². The quantitative estimate of drug-likeness (QED) is 0.866. The van der Waals surface area contributed by atoms with Crippen LogP contribution in [-0.4, -0.2) is 17.1 Å². The highest BCUT2D eigenvalue weighted by molar-refractivity contribution is 7.13. The maximum Gasteiger partial charge on any atom is 0.345 e. The van der Waals surface area contributed by atoms with Crippen molar-refractivity contribution in [3.63, 3.8) is 0 Å². The van der Waals surface area contributed by atoms with E-state index in [4.69, 9.17) is 5.11 Å². The van der Waals surface area contributed by atoms with Crippen molar-refractivity contribution in [2.24, 2.45) is 5.92 Å². The number of carboxylic acids is 1. The SMILES string of the molecule is CC1CCC(NCc2ccc(C(=O)O)s2)CC1. The fourth-order valence-electron chi connectivity index (χ4n) is 2.30. The van der Waals surface area contributed by atoms with Gasteiger partial charge in [-0.05, 0) is 43.7 Å². The van der Waals surface area contributed by atoms with E-state index in [1.54, 1.807) is 6.07 Å². The summed E-state index contributed by atoms with van der Waals surface area (Å²) in [5.41, 5.74) is 0. The number of hydrogen-bond donors (Lipinski definition) is 2. The zero-order chi connectivity index (χ0) is 12.3. The van der Waals surface area contributed by atoms with Crippen LogP contribution in [0.25, 0.3) is 0 Å². The fraction of sp³-hybridized carbons (Fsp3) is 0.615. The van der Waals surface area contributed by atoms with Crippen molar-refractivity contribution < 1.29 is 9.90 Å². The van der Waals surface area contributed by atoms with E-state index in [0.29, 0.717) is 10.9 Å². The van der Waals surface area contributed by atoms with Crippen LogP contribution in [-0.2, 0) is 6.54 Å². The van der Waals surface area contributed by atoms with E-state index in [-0.39, 0.29) is 0 Å². The van der Waals surface area contributed by atoms with Gasteiger partial charge in [0.2, 0.25) is 0 Å². The Kier molecular flexibility index (Phi) is 4.18. The highest BCUT2D eigenvalue weighted by Gasteiger charge is 2.17. The molecule has 2 rings (SSSR count). The summed E-state index contributed by atoms with van der Waals surface area (Å²) in [7, 11) is 0. The molecule has 4 heteroatoms. The van der Waals surface area contributed by atoms with Gasteiger partial charge in [0.05, 0.1) is 0 Å². The van der Waals surface area contributed by atoms with E-state index < -0.39 is 5.97 Å². The van der Waals surface area contributed by atoms with Crippen molar-refractivity contribution in [3.8, 4) is 0 Å². The summed E-state index contributed by atoms with van der Waals surface area (Å²) in [6, 6.07) is 4.21. The Balaban J connectivity index is 1.79. The van der Waals surface area contributed by atoms with Gasteiger partial charge in [0.1, 0.15) is 4.88 Å². The lowest BCUT2D eigenvalue weighted by Crippen LogP contribution is -2.31. The second-order valence-electron chi connectivity index (χ2n) is 4.91. The van der Waals surface area contributed by atoms with Crippen LogP contribution >= 0.6 is 11.3 Å². The molecule has 1 aliphatic rings. The van der Waals surface area contributed by atoms with E-state index >= 15 is 0 Å². The Morgan fingerprint density at radius 2 is 2.12 bits per heavy atom. The van der Waals surface area contributed by atoms with Gasteiger partial charge in [-0.2, -0.15) is 0 Å². The van der Waals surface area contributed by atoms with Crippen LogP contribution in [0.3, 0.4) is 0 Å². The van der Waals surface area contributed by atoms with Gasteiger partial charge in [-0.3, -0.25) is 0 Å². The highest BCUT2D eigenvalue weighted by Crippen LogP contribution is 2.24. The molecule has 3 nitrogen and oxygen atoms in total. The van der Waals surface area contributed by atoms with Gasteiger partial charge in [0.15, 0.2) is 0 Å². The van der Waals surface area contributed by atoms with Gasteiger partial charge >= 0.3 is 5.97 Å². The molecule has 1 aliphatic carbocycles. The third-order valence-corrected chi connectivity index (χ3v) is 4.53. The molecular weight excluding hydrogens is 234 g/mol. The van der Waals surface area contributed by atoms with Gasteiger partial charge in [0.25, 0.3) is 0 Å². The molecule has 1 aromatic rings. The van der Waals surface area contributed by atoms with Crippen LogP contribution in [0.1, 0.15) is 47.2 Å². The van der Waals surface area contributed by atoms with Crippen molar-refractivity contribution in [2.45, 2.75) is 45.2 Å². The van der Waals surface area contributed by atoms with Crippen molar-refractivity contribution in [1.29, 1.82) is 0 Å². The minimum atomic E-state index is -0.826. The lowest BCUT2D eigenvalue weighted by atomic mass is 9.87. The van der Waals surface area contributed by atoms with Crippen LogP contribution in [0, 0.1) is 5.92 Å². The maximum atomic E-state index is 10.7. The van der Waals surface area contributed by atoms with E-state index in [2.05, 4.69) is 12.2 Å². The van der Waals surface area contributed by atoms with Gasteiger partial charge in [-0.1, -0.05) is 6.92 Å². The lowest BCUT2D eigenvalue weighted by molar-refractivity contribution is 0.0702. The molecule has 94 valence electrons. The molecular formula is C13H19NO2S. The minimum absolute atomic E-state index is 0.430. The first-order chi connectivity index (χ1) is 8.15. The molecule has 0 saturated heterocycles. The highest BCUT2D eigenvalue weighted by atomic mass is 32.1. The third kappa shape index (κ3) is 3.54. The van der Waals surface area contributed by atoms with E-state index in [1.807, 2.05) is 6.07 Å². The summed E-state index contributed by atoms with van der Waals surface area (Å²) in [6.45, 7) is 3.12. The first kappa shape index (κ1) is 12.6. The smallest absolute Gasteiger partial charge is 0.345 e. The average Bonchev–Trinajstić information content (AvgIpc) is 2.77. The van der Waals surface area contributed by atoms with Crippen LogP contribution in [0.4, 0.5) is 0 Å². The number of carboxylic acid groups (broad SMARTS) is 1. The van der Waals surface area contributed by atoms with Crippen LogP contribution in [0.2, 0.25) is 0 Å². The Hall–Kier alpha value is -0.870. The van der Waals surface area contributed by atoms with Gasteiger partial charge in [0, 0.05) is 17.5 Å². The second-order valence-corrected chi connectivity index (χ2v) is 6.08. The monoisotopic (exact) mass is 253 g/mol. The molecule has 2 N–H and O–H groups in total. The normalized spacial score (nSPS) is 24.8. The van der Waals surface area contributed by atoms with Crippen LogP contribution in [0.5, 0.6) is 0 Å². The zero-order valence-electron chi connectivity index (χ0n) is 10.1. The Labute approximate surface area is 106 Å².